The molecule has 2 fully saturated rings. The average Bonchev–Trinajstić information content (AvgIpc) is 3.34. The van der Waals surface area contributed by atoms with Gasteiger partial charge in [-0.15, -0.1) is 0 Å². The van der Waals surface area contributed by atoms with Crippen LogP contribution < -0.4 is 15.3 Å². The van der Waals surface area contributed by atoms with Crippen molar-refractivity contribution in [2.75, 3.05) is 61.4 Å². The number of sulfone groups is 1. The molecule has 3 heterocycles. The fourth-order valence-electron chi connectivity index (χ4n) is 4.57. The van der Waals surface area contributed by atoms with E-state index in [2.05, 4.69) is 32.1 Å². The van der Waals surface area contributed by atoms with Gasteiger partial charge >= 0.3 is 0 Å². The van der Waals surface area contributed by atoms with Crippen LogP contribution in [0.3, 0.4) is 0 Å². The van der Waals surface area contributed by atoms with Gasteiger partial charge in [-0.05, 0) is 42.9 Å². The Kier molecular flexibility index (Phi) is 6.97. The van der Waals surface area contributed by atoms with Gasteiger partial charge in [0.15, 0.2) is 15.7 Å². The first-order valence-corrected chi connectivity index (χ1v) is 13.8. The Labute approximate surface area is 214 Å². The van der Waals surface area contributed by atoms with Gasteiger partial charge in [0.1, 0.15) is 23.8 Å². The number of hydrogen-bond acceptors (Lipinski definition) is 9. The third-order valence-corrected chi connectivity index (χ3v) is 7.61. The fraction of sp³-hybridized carbons (Fsp3) is 0.360. The molecule has 37 heavy (non-hydrogen) atoms. The van der Waals surface area contributed by atoms with E-state index >= 15 is 0 Å². The van der Waals surface area contributed by atoms with Crippen LogP contribution in [-0.2, 0) is 14.7 Å². The lowest BCUT2D eigenvalue weighted by atomic mass is 10.0. The topological polar surface area (TPSA) is 90.9 Å². The predicted octanol–water partition coefficient (Wildman–Crippen LogP) is 3.54. The van der Waals surface area contributed by atoms with Crippen molar-refractivity contribution in [3.8, 4) is 0 Å². The van der Waals surface area contributed by atoms with Crippen LogP contribution in [0, 0.1) is 11.6 Å². The summed E-state index contributed by atoms with van der Waals surface area (Å²) in [5.41, 5.74) is 1.82. The van der Waals surface area contributed by atoms with E-state index < -0.39 is 27.5 Å². The maximum absolute atomic E-state index is 13.8. The molecule has 1 atom stereocenters. The van der Waals surface area contributed by atoms with Crippen LogP contribution in [0.2, 0.25) is 0 Å². The van der Waals surface area contributed by atoms with Gasteiger partial charge in [-0.3, -0.25) is 4.84 Å². The highest BCUT2D eigenvalue weighted by Gasteiger charge is 2.30. The Morgan fingerprint density at radius 2 is 1.70 bits per heavy atom. The van der Waals surface area contributed by atoms with Crippen molar-refractivity contribution >= 4 is 32.8 Å². The number of nitrogens with one attached hydrogen (secondary N) is 1. The molecule has 3 aromatic rings. The normalized spacial score (nSPS) is 18.9. The van der Waals surface area contributed by atoms with E-state index in [-0.39, 0.29) is 4.90 Å². The Hall–Kier alpha value is -3.35. The highest BCUT2D eigenvalue weighted by atomic mass is 32.2. The third-order valence-electron chi connectivity index (χ3n) is 6.51. The molecule has 2 saturated heterocycles. The van der Waals surface area contributed by atoms with E-state index in [1.54, 1.807) is 18.2 Å². The number of anilines is 4. The van der Waals surface area contributed by atoms with Crippen LogP contribution >= 0.6 is 0 Å². The molecule has 0 aliphatic carbocycles. The smallest absolute Gasteiger partial charge is 0.175 e. The second-order valence-electron chi connectivity index (χ2n) is 9.33. The van der Waals surface area contributed by atoms with Crippen molar-refractivity contribution in [2.24, 2.45) is 0 Å². The first kappa shape index (κ1) is 25.3. The molecule has 0 amide bonds. The fourth-order valence-corrected chi connectivity index (χ4v) is 5.24. The maximum Gasteiger partial charge on any atom is 0.175 e. The molecule has 1 N–H and O–H groups in total. The van der Waals surface area contributed by atoms with Crippen LogP contribution in [0.1, 0.15) is 18.0 Å². The van der Waals surface area contributed by atoms with Crippen molar-refractivity contribution in [3.05, 3.63) is 66.0 Å². The van der Waals surface area contributed by atoms with Crippen molar-refractivity contribution in [2.45, 2.75) is 17.4 Å². The zero-order chi connectivity index (χ0) is 26.2. The van der Waals surface area contributed by atoms with Crippen LogP contribution in [-0.4, -0.2) is 69.4 Å². The van der Waals surface area contributed by atoms with Gasteiger partial charge in [0, 0.05) is 62.4 Å². The lowest BCUT2D eigenvalue weighted by Crippen LogP contribution is -2.44. The number of hydroxylamine groups is 1. The molecular formula is C25H28F2N6O3S. The van der Waals surface area contributed by atoms with Gasteiger partial charge in [-0.2, -0.15) is 0 Å². The number of nitrogens with zero attached hydrogens (tertiary/aromatic N) is 5. The van der Waals surface area contributed by atoms with Gasteiger partial charge in [0.25, 0.3) is 0 Å². The zero-order valence-electron chi connectivity index (χ0n) is 20.6. The average molecular weight is 531 g/mol. The highest BCUT2D eigenvalue weighted by molar-refractivity contribution is 7.90. The Bertz CT molecular complexity index is 1380. The summed E-state index contributed by atoms with van der Waals surface area (Å²) in [6, 6.07) is 9.78. The standard InChI is InChI=1S/C25H28F2N6O3S/c1-31-4-6-32(7-5-31)21-12-20(13-22(14-21)37(2,34)35)30-24-15-25(29-16-28-24)33-23(3-8-36-33)17-9-18(26)11-19(27)10-17/h9-16,23H,3-8H2,1-2H3,(H,28,29,30)/t23-/m1/s1. The van der Waals surface area contributed by atoms with Crippen LogP contribution in [0.25, 0.3) is 0 Å². The Morgan fingerprint density at radius 1 is 0.973 bits per heavy atom. The Morgan fingerprint density at radius 3 is 2.41 bits per heavy atom. The molecule has 1 aromatic heterocycles. The monoisotopic (exact) mass is 530 g/mol. The minimum absolute atomic E-state index is 0.205. The molecule has 0 spiro atoms. The summed E-state index contributed by atoms with van der Waals surface area (Å²) in [5, 5.41) is 4.70. The van der Waals surface area contributed by atoms with Crippen LogP contribution in [0.4, 0.5) is 31.8 Å². The molecule has 0 unspecified atom stereocenters. The summed E-state index contributed by atoms with van der Waals surface area (Å²) in [6.45, 7) is 3.70. The van der Waals surface area contributed by atoms with Gasteiger partial charge in [-0.25, -0.2) is 32.2 Å². The zero-order valence-corrected chi connectivity index (χ0v) is 21.4. The summed E-state index contributed by atoms with van der Waals surface area (Å²) < 4.78 is 52.5. The van der Waals surface area contributed by atoms with Gasteiger partial charge in [0.05, 0.1) is 17.5 Å². The summed E-state index contributed by atoms with van der Waals surface area (Å²) in [4.78, 5) is 18.9. The first-order chi connectivity index (χ1) is 17.7. The van der Waals surface area contributed by atoms with Crippen molar-refractivity contribution in [1.29, 1.82) is 0 Å². The Balaban J connectivity index is 1.43. The number of likely N-dealkylation sites (N-methyl/N-ethyl adjacent to an activating group) is 1. The third kappa shape index (κ3) is 5.81. The number of benzene rings is 2. The molecule has 12 heteroatoms. The second kappa shape index (κ2) is 10.2. The van der Waals surface area contributed by atoms with Crippen molar-refractivity contribution in [3.63, 3.8) is 0 Å². The van der Waals surface area contributed by atoms with E-state index in [4.69, 9.17) is 4.84 Å². The van der Waals surface area contributed by atoms with Gasteiger partial charge in [-0.1, -0.05) is 0 Å². The van der Waals surface area contributed by atoms with Crippen LogP contribution in [0.15, 0.2) is 53.7 Å². The summed E-state index contributed by atoms with van der Waals surface area (Å²) in [7, 11) is -1.40. The molecular weight excluding hydrogens is 502 g/mol. The number of piperazine rings is 1. The molecule has 0 bridgehead atoms. The molecule has 2 aromatic carbocycles. The highest BCUT2D eigenvalue weighted by Crippen LogP contribution is 2.35. The minimum atomic E-state index is -3.46. The lowest BCUT2D eigenvalue weighted by molar-refractivity contribution is 0.156. The predicted molar refractivity (Wildman–Crippen MR) is 137 cm³/mol. The van der Waals surface area contributed by atoms with E-state index in [1.165, 1.54) is 29.8 Å². The maximum atomic E-state index is 13.8. The van der Waals surface area contributed by atoms with E-state index in [1.807, 2.05) is 6.07 Å². The van der Waals surface area contributed by atoms with E-state index in [9.17, 15) is 17.2 Å². The van der Waals surface area contributed by atoms with E-state index in [0.29, 0.717) is 35.9 Å². The minimum Gasteiger partial charge on any atom is -0.369 e. The number of hydrogen-bond donors (Lipinski definition) is 1. The summed E-state index contributed by atoms with van der Waals surface area (Å²) in [5.74, 6) is -0.495. The van der Waals surface area contributed by atoms with Gasteiger partial charge < -0.3 is 15.1 Å². The lowest BCUT2D eigenvalue weighted by Gasteiger charge is -2.34. The molecule has 0 radical (unpaired) electrons. The number of aromatic nitrogens is 2. The molecule has 5 rings (SSSR count). The SMILES string of the molecule is CN1CCN(c2cc(Nc3cc(N4OCC[C@@H]4c4cc(F)cc(F)c4)ncn3)cc(S(C)(=O)=O)c2)CC1. The summed E-state index contributed by atoms with van der Waals surface area (Å²) in [6.07, 6.45) is 3.06. The van der Waals surface area contributed by atoms with Crippen LogP contribution in [0.5, 0.6) is 0 Å². The summed E-state index contributed by atoms with van der Waals surface area (Å²) >= 11 is 0. The van der Waals surface area contributed by atoms with E-state index in [0.717, 1.165) is 37.9 Å². The molecule has 0 saturated carbocycles. The second-order valence-corrected chi connectivity index (χ2v) is 11.3. The number of halogens is 2. The molecule has 2 aliphatic heterocycles. The van der Waals surface area contributed by atoms with Crippen molar-refractivity contribution < 1.29 is 22.0 Å². The quantitative estimate of drug-likeness (QED) is 0.514. The largest absolute Gasteiger partial charge is 0.369 e. The molecule has 196 valence electrons. The van der Waals surface area contributed by atoms with Crippen molar-refractivity contribution in [1.82, 2.24) is 14.9 Å². The first-order valence-electron chi connectivity index (χ1n) is 11.9. The molecule has 2 aliphatic rings. The molecule has 9 nitrogen and oxygen atoms in total. The van der Waals surface area contributed by atoms with Gasteiger partial charge in [0.2, 0.25) is 0 Å². The number of rotatable bonds is 6.